The Hall–Kier alpha value is -2.37. The second-order valence-electron chi connectivity index (χ2n) is 6.38. The van der Waals surface area contributed by atoms with Crippen LogP contribution >= 0.6 is 11.6 Å². The fourth-order valence-electron chi connectivity index (χ4n) is 2.42. The van der Waals surface area contributed by atoms with Crippen LogP contribution in [0.3, 0.4) is 0 Å². The van der Waals surface area contributed by atoms with Gasteiger partial charge in [-0.25, -0.2) is 0 Å². The van der Waals surface area contributed by atoms with Crippen LogP contribution in [0, 0.1) is 13.8 Å². The summed E-state index contributed by atoms with van der Waals surface area (Å²) in [6, 6.07) is 12.2. The highest BCUT2D eigenvalue weighted by molar-refractivity contribution is 6.30. The van der Waals surface area contributed by atoms with Crippen molar-refractivity contribution in [1.82, 2.24) is 4.90 Å². The molecule has 0 saturated carbocycles. The molecular weight excluding hydrogens is 350 g/mol. The molecule has 0 aliphatic carbocycles. The van der Waals surface area contributed by atoms with Gasteiger partial charge in [0.25, 0.3) is 0 Å². The van der Waals surface area contributed by atoms with Gasteiger partial charge in [0.05, 0.1) is 12.6 Å². The van der Waals surface area contributed by atoms with E-state index < -0.39 is 6.04 Å². The molecule has 26 heavy (non-hydrogen) atoms. The van der Waals surface area contributed by atoms with Crippen LogP contribution in [0.15, 0.2) is 42.5 Å². The Balaban J connectivity index is 1.91. The van der Waals surface area contributed by atoms with E-state index in [9.17, 15) is 9.59 Å². The first-order chi connectivity index (χ1) is 12.3. The van der Waals surface area contributed by atoms with Crippen molar-refractivity contribution in [1.29, 1.82) is 0 Å². The average molecular weight is 374 g/mol. The van der Waals surface area contributed by atoms with Gasteiger partial charge in [0.15, 0.2) is 0 Å². The van der Waals surface area contributed by atoms with Crippen LogP contribution in [0.4, 0.5) is 11.4 Å². The molecule has 0 fully saturated rings. The summed E-state index contributed by atoms with van der Waals surface area (Å²) in [5.41, 5.74) is 3.62. The summed E-state index contributed by atoms with van der Waals surface area (Å²) >= 11 is 5.84. The number of amides is 2. The summed E-state index contributed by atoms with van der Waals surface area (Å²) in [5, 5.41) is 6.33. The smallest absolute Gasteiger partial charge is 0.241 e. The Labute approximate surface area is 159 Å². The number of halogens is 1. The van der Waals surface area contributed by atoms with Crippen molar-refractivity contribution >= 4 is 34.8 Å². The molecule has 2 amide bonds. The Morgan fingerprint density at radius 3 is 2.38 bits per heavy atom. The molecule has 0 aliphatic rings. The summed E-state index contributed by atoms with van der Waals surface area (Å²) in [6.07, 6.45) is 0. The first kappa shape index (κ1) is 19.9. The number of hydrogen-bond acceptors (Lipinski definition) is 3. The quantitative estimate of drug-likeness (QED) is 0.808. The molecule has 0 radical (unpaired) electrons. The molecule has 0 bridgehead atoms. The van der Waals surface area contributed by atoms with Crippen molar-refractivity contribution < 1.29 is 9.59 Å². The van der Waals surface area contributed by atoms with Crippen LogP contribution in [0.1, 0.15) is 18.1 Å². The summed E-state index contributed by atoms with van der Waals surface area (Å²) in [5.74, 6) is -0.346. The largest absolute Gasteiger partial charge is 0.325 e. The standard InChI is InChI=1S/C20H24ClN3O2/c1-13-6-5-7-18(14(13)2)23-19(25)12-24(4)15(3)20(26)22-17-10-8-16(21)9-11-17/h5-11,15H,12H2,1-4H3,(H,22,26)(H,23,25). The van der Waals surface area contributed by atoms with E-state index in [4.69, 9.17) is 11.6 Å². The van der Waals surface area contributed by atoms with Crippen LogP contribution < -0.4 is 10.6 Å². The minimum atomic E-state index is -0.463. The Bertz CT molecular complexity index is 790. The van der Waals surface area contributed by atoms with Crippen LogP contribution in [-0.4, -0.2) is 36.3 Å². The Morgan fingerprint density at radius 2 is 1.73 bits per heavy atom. The molecule has 2 N–H and O–H groups in total. The minimum absolute atomic E-state index is 0.114. The van der Waals surface area contributed by atoms with Gasteiger partial charge in [0, 0.05) is 16.4 Å². The molecule has 138 valence electrons. The molecule has 0 heterocycles. The topological polar surface area (TPSA) is 61.4 Å². The molecular formula is C20H24ClN3O2. The summed E-state index contributed by atoms with van der Waals surface area (Å²) in [6.45, 7) is 5.84. The lowest BCUT2D eigenvalue weighted by molar-refractivity contribution is -0.122. The van der Waals surface area contributed by atoms with Crippen molar-refractivity contribution in [3.63, 3.8) is 0 Å². The van der Waals surface area contributed by atoms with Crippen molar-refractivity contribution in [3.8, 4) is 0 Å². The van der Waals surface area contributed by atoms with E-state index in [1.54, 1.807) is 43.1 Å². The number of nitrogens with zero attached hydrogens (tertiary/aromatic N) is 1. The third kappa shape index (κ3) is 5.31. The fourth-order valence-corrected chi connectivity index (χ4v) is 2.55. The second kappa shape index (κ2) is 8.83. The zero-order valence-corrected chi connectivity index (χ0v) is 16.2. The number of carbonyl (C=O) groups excluding carboxylic acids is 2. The molecule has 2 rings (SSSR count). The highest BCUT2D eigenvalue weighted by atomic mass is 35.5. The third-order valence-corrected chi connectivity index (χ3v) is 4.68. The first-order valence-electron chi connectivity index (χ1n) is 8.40. The lowest BCUT2D eigenvalue weighted by Gasteiger charge is -2.23. The van der Waals surface area contributed by atoms with Crippen LogP contribution in [0.5, 0.6) is 0 Å². The van der Waals surface area contributed by atoms with Crippen molar-refractivity contribution in [2.24, 2.45) is 0 Å². The Kier molecular flexibility index (Phi) is 6.77. The molecule has 0 saturated heterocycles. The molecule has 0 spiro atoms. The van der Waals surface area contributed by atoms with E-state index in [1.165, 1.54) is 0 Å². The first-order valence-corrected chi connectivity index (χ1v) is 8.78. The van der Waals surface area contributed by atoms with Crippen LogP contribution in [-0.2, 0) is 9.59 Å². The number of carbonyl (C=O) groups is 2. The van der Waals surface area contributed by atoms with E-state index in [2.05, 4.69) is 10.6 Å². The lowest BCUT2D eigenvalue weighted by atomic mass is 10.1. The van der Waals surface area contributed by atoms with Gasteiger partial charge in [-0.2, -0.15) is 0 Å². The normalized spacial score (nSPS) is 11.9. The second-order valence-corrected chi connectivity index (χ2v) is 6.82. The summed E-state index contributed by atoms with van der Waals surface area (Å²) in [7, 11) is 1.74. The molecule has 6 heteroatoms. The molecule has 5 nitrogen and oxygen atoms in total. The van der Waals surface area contributed by atoms with Gasteiger partial charge in [-0.05, 0) is 69.3 Å². The average Bonchev–Trinajstić information content (AvgIpc) is 2.60. The minimum Gasteiger partial charge on any atom is -0.325 e. The maximum absolute atomic E-state index is 12.4. The van der Waals surface area contributed by atoms with E-state index in [0.29, 0.717) is 10.7 Å². The van der Waals surface area contributed by atoms with Gasteiger partial charge < -0.3 is 10.6 Å². The maximum Gasteiger partial charge on any atom is 0.241 e. The zero-order valence-electron chi connectivity index (χ0n) is 15.5. The predicted octanol–water partition coefficient (Wildman–Crippen LogP) is 3.85. The van der Waals surface area contributed by atoms with Crippen LogP contribution in [0.25, 0.3) is 0 Å². The number of likely N-dealkylation sites (N-methyl/N-ethyl adjacent to an activating group) is 1. The number of aryl methyl sites for hydroxylation is 1. The molecule has 1 atom stereocenters. The maximum atomic E-state index is 12.4. The summed E-state index contributed by atoms with van der Waals surface area (Å²) < 4.78 is 0. The van der Waals surface area contributed by atoms with Gasteiger partial charge >= 0.3 is 0 Å². The lowest BCUT2D eigenvalue weighted by Crippen LogP contribution is -2.43. The molecule has 0 aromatic heterocycles. The molecule has 2 aromatic carbocycles. The number of rotatable bonds is 6. The third-order valence-electron chi connectivity index (χ3n) is 4.42. The number of benzene rings is 2. The van der Waals surface area contributed by atoms with Gasteiger partial charge in [-0.1, -0.05) is 23.7 Å². The van der Waals surface area contributed by atoms with Crippen LogP contribution in [0.2, 0.25) is 5.02 Å². The molecule has 1 unspecified atom stereocenters. The highest BCUT2D eigenvalue weighted by Crippen LogP contribution is 2.18. The van der Waals surface area contributed by atoms with E-state index in [1.807, 2.05) is 32.0 Å². The Morgan fingerprint density at radius 1 is 1.08 bits per heavy atom. The monoisotopic (exact) mass is 373 g/mol. The van der Waals surface area contributed by atoms with Gasteiger partial charge in [0.2, 0.25) is 11.8 Å². The number of anilines is 2. The van der Waals surface area contributed by atoms with Gasteiger partial charge in [-0.3, -0.25) is 14.5 Å². The predicted molar refractivity (Wildman–Crippen MR) is 107 cm³/mol. The van der Waals surface area contributed by atoms with E-state index in [-0.39, 0.29) is 18.4 Å². The fraction of sp³-hybridized carbons (Fsp3) is 0.300. The number of hydrogen-bond donors (Lipinski definition) is 2. The van der Waals surface area contributed by atoms with Gasteiger partial charge in [-0.15, -0.1) is 0 Å². The summed E-state index contributed by atoms with van der Waals surface area (Å²) in [4.78, 5) is 26.4. The van der Waals surface area contributed by atoms with Crippen molar-refractivity contribution in [3.05, 3.63) is 58.6 Å². The highest BCUT2D eigenvalue weighted by Gasteiger charge is 2.20. The van der Waals surface area contributed by atoms with Crippen molar-refractivity contribution in [2.75, 3.05) is 24.2 Å². The molecule has 0 aliphatic heterocycles. The molecule has 2 aromatic rings. The number of nitrogens with one attached hydrogen (secondary N) is 2. The SMILES string of the molecule is Cc1cccc(NC(=O)CN(C)C(C)C(=O)Nc2ccc(Cl)cc2)c1C. The van der Waals surface area contributed by atoms with E-state index >= 15 is 0 Å². The zero-order chi connectivity index (χ0) is 19.3. The van der Waals surface area contributed by atoms with E-state index in [0.717, 1.165) is 16.8 Å². The van der Waals surface area contributed by atoms with Gasteiger partial charge in [0.1, 0.15) is 0 Å². The van der Waals surface area contributed by atoms with Crippen molar-refractivity contribution in [2.45, 2.75) is 26.8 Å².